The van der Waals surface area contributed by atoms with Crippen molar-refractivity contribution >= 4 is 11.5 Å². The molecule has 0 radical (unpaired) electrons. The molecular formula is C11H20N4S. The van der Waals surface area contributed by atoms with E-state index in [1.807, 2.05) is 0 Å². The normalized spacial score (nSPS) is 17.6. The zero-order valence-electron chi connectivity index (χ0n) is 9.99. The molecule has 16 heavy (non-hydrogen) atoms. The smallest absolute Gasteiger partial charge is 0.0797 e. The monoisotopic (exact) mass is 240 g/mol. The maximum Gasteiger partial charge on any atom is 0.0797 e. The minimum absolute atomic E-state index is 0.507. The Hall–Kier alpha value is -0.520. The van der Waals surface area contributed by atoms with Gasteiger partial charge in [0.2, 0.25) is 0 Å². The molecule has 1 saturated carbocycles. The van der Waals surface area contributed by atoms with Gasteiger partial charge < -0.3 is 10.6 Å². The predicted octanol–water partition coefficient (Wildman–Crippen LogP) is 1.33. The number of nitrogens with zero attached hydrogens (tertiary/aromatic N) is 2. The molecule has 1 aromatic heterocycles. The zero-order chi connectivity index (χ0) is 11.4. The average molecular weight is 240 g/mol. The van der Waals surface area contributed by atoms with Crippen LogP contribution >= 0.6 is 11.5 Å². The van der Waals surface area contributed by atoms with Gasteiger partial charge in [-0.1, -0.05) is 11.4 Å². The van der Waals surface area contributed by atoms with Crippen molar-refractivity contribution in [3.8, 4) is 0 Å². The fourth-order valence-electron chi connectivity index (χ4n) is 1.60. The van der Waals surface area contributed by atoms with Crippen molar-refractivity contribution in [3.63, 3.8) is 0 Å². The molecule has 1 aliphatic carbocycles. The fraction of sp³-hybridized carbons (Fsp3) is 0.818. The Morgan fingerprint density at radius 1 is 1.50 bits per heavy atom. The first-order valence-corrected chi connectivity index (χ1v) is 6.83. The lowest BCUT2D eigenvalue weighted by molar-refractivity contribution is 0.501. The van der Waals surface area contributed by atoms with E-state index in [0.29, 0.717) is 6.04 Å². The summed E-state index contributed by atoms with van der Waals surface area (Å²) in [6, 6.07) is 1.30. The van der Waals surface area contributed by atoms with Crippen LogP contribution in [0, 0.1) is 0 Å². The number of hydrogen-bond acceptors (Lipinski definition) is 5. The molecule has 1 aliphatic rings. The first-order chi connectivity index (χ1) is 7.79. The van der Waals surface area contributed by atoms with E-state index < -0.39 is 0 Å². The molecule has 1 fully saturated rings. The van der Waals surface area contributed by atoms with Crippen molar-refractivity contribution in [1.29, 1.82) is 0 Å². The Kier molecular flexibility index (Phi) is 4.26. The van der Waals surface area contributed by atoms with Crippen LogP contribution in [0.1, 0.15) is 37.3 Å². The lowest BCUT2D eigenvalue weighted by Crippen LogP contribution is -2.36. The molecule has 90 valence electrons. The van der Waals surface area contributed by atoms with Crippen molar-refractivity contribution < 1.29 is 0 Å². The van der Waals surface area contributed by atoms with E-state index in [1.54, 1.807) is 0 Å². The van der Waals surface area contributed by atoms with Crippen LogP contribution in [0.3, 0.4) is 0 Å². The van der Waals surface area contributed by atoms with Gasteiger partial charge in [-0.15, -0.1) is 5.10 Å². The standard InChI is InChI=1S/C11H20N4S/c1-3-10-11(16-15-14-10)7-12-8(2)6-13-9-4-5-9/h8-9,12-13H,3-7H2,1-2H3. The molecule has 1 heterocycles. The Bertz CT molecular complexity index is 322. The third-order valence-corrected chi connectivity index (χ3v) is 3.63. The molecule has 2 N–H and O–H groups in total. The van der Waals surface area contributed by atoms with Crippen LogP contribution in [0.5, 0.6) is 0 Å². The molecule has 1 aromatic rings. The molecule has 5 heteroatoms. The molecule has 0 aliphatic heterocycles. The first-order valence-electron chi connectivity index (χ1n) is 6.06. The summed E-state index contributed by atoms with van der Waals surface area (Å²) in [4.78, 5) is 1.28. The van der Waals surface area contributed by atoms with E-state index in [0.717, 1.165) is 31.2 Å². The van der Waals surface area contributed by atoms with Crippen molar-refractivity contribution in [1.82, 2.24) is 20.2 Å². The summed E-state index contributed by atoms with van der Waals surface area (Å²) in [6.07, 6.45) is 3.68. The SMILES string of the molecule is CCc1nnsc1CNC(C)CNC1CC1. The Morgan fingerprint density at radius 3 is 3.00 bits per heavy atom. The van der Waals surface area contributed by atoms with Gasteiger partial charge in [0.1, 0.15) is 0 Å². The Balaban J connectivity index is 1.68. The molecular weight excluding hydrogens is 220 g/mol. The quantitative estimate of drug-likeness (QED) is 0.755. The fourth-order valence-corrected chi connectivity index (χ4v) is 2.28. The van der Waals surface area contributed by atoms with Gasteiger partial charge in [-0.05, 0) is 37.7 Å². The van der Waals surface area contributed by atoms with Gasteiger partial charge in [-0.3, -0.25) is 0 Å². The highest BCUT2D eigenvalue weighted by Crippen LogP contribution is 2.18. The van der Waals surface area contributed by atoms with Gasteiger partial charge in [0.25, 0.3) is 0 Å². The van der Waals surface area contributed by atoms with Crippen LogP contribution in [-0.2, 0) is 13.0 Å². The van der Waals surface area contributed by atoms with E-state index in [2.05, 4.69) is 34.1 Å². The van der Waals surface area contributed by atoms with Crippen molar-refractivity contribution in [2.75, 3.05) is 6.54 Å². The molecule has 1 unspecified atom stereocenters. The van der Waals surface area contributed by atoms with Gasteiger partial charge in [0.15, 0.2) is 0 Å². The highest BCUT2D eigenvalue weighted by molar-refractivity contribution is 7.05. The lowest BCUT2D eigenvalue weighted by Gasteiger charge is -2.13. The molecule has 0 aromatic carbocycles. The van der Waals surface area contributed by atoms with Crippen LogP contribution in [0.25, 0.3) is 0 Å². The summed E-state index contributed by atoms with van der Waals surface area (Å²) in [5.41, 5.74) is 1.14. The summed E-state index contributed by atoms with van der Waals surface area (Å²) in [5.74, 6) is 0. The van der Waals surface area contributed by atoms with Crippen LogP contribution in [0.15, 0.2) is 0 Å². The van der Waals surface area contributed by atoms with E-state index in [4.69, 9.17) is 0 Å². The van der Waals surface area contributed by atoms with Crippen LogP contribution in [0.4, 0.5) is 0 Å². The zero-order valence-corrected chi connectivity index (χ0v) is 10.8. The maximum atomic E-state index is 4.11. The number of nitrogens with one attached hydrogen (secondary N) is 2. The molecule has 0 amide bonds. The number of rotatable bonds is 7. The third-order valence-electron chi connectivity index (χ3n) is 2.87. The second kappa shape index (κ2) is 5.70. The Morgan fingerprint density at radius 2 is 2.31 bits per heavy atom. The summed E-state index contributed by atoms with van der Waals surface area (Å²) < 4.78 is 3.99. The molecule has 2 rings (SSSR count). The van der Waals surface area contributed by atoms with Crippen molar-refractivity contribution in [3.05, 3.63) is 10.6 Å². The van der Waals surface area contributed by atoms with Crippen LogP contribution in [-0.4, -0.2) is 28.2 Å². The predicted molar refractivity (Wildman–Crippen MR) is 66.6 cm³/mol. The Labute approximate surface area is 101 Å². The van der Waals surface area contributed by atoms with Crippen molar-refractivity contribution in [2.45, 2.75) is 51.7 Å². The average Bonchev–Trinajstić information content (AvgIpc) is 3.01. The van der Waals surface area contributed by atoms with Gasteiger partial charge in [-0.25, -0.2) is 0 Å². The summed E-state index contributed by atoms with van der Waals surface area (Å²) in [6.45, 7) is 6.29. The summed E-state index contributed by atoms with van der Waals surface area (Å²) in [5, 5.41) is 11.1. The third kappa shape index (κ3) is 3.50. The second-order valence-corrected chi connectivity index (χ2v) is 5.30. The van der Waals surface area contributed by atoms with Gasteiger partial charge in [-0.2, -0.15) is 0 Å². The second-order valence-electron chi connectivity index (χ2n) is 4.46. The van der Waals surface area contributed by atoms with E-state index >= 15 is 0 Å². The maximum absolute atomic E-state index is 4.11. The summed E-state index contributed by atoms with van der Waals surface area (Å²) in [7, 11) is 0. The molecule has 1 atom stereocenters. The largest absolute Gasteiger partial charge is 0.312 e. The van der Waals surface area contributed by atoms with E-state index in [1.165, 1.54) is 29.3 Å². The first kappa shape index (κ1) is 12.0. The molecule has 0 spiro atoms. The highest BCUT2D eigenvalue weighted by Gasteiger charge is 2.20. The lowest BCUT2D eigenvalue weighted by atomic mass is 10.2. The van der Waals surface area contributed by atoms with E-state index in [-0.39, 0.29) is 0 Å². The molecule has 4 nitrogen and oxygen atoms in total. The number of aryl methyl sites for hydroxylation is 1. The number of hydrogen-bond donors (Lipinski definition) is 2. The van der Waals surface area contributed by atoms with Crippen LogP contribution < -0.4 is 10.6 Å². The molecule has 0 saturated heterocycles. The van der Waals surface area contributed by atoms with Gasteiger partial charge in [0.05, 0.1) is 10.6 Å². The summed E-state index contributed by atoms with van der Waals surface area (Å²) >= 11 is 1.51. The highest BCUT2D eigenvalue weighted by atomic mass is 32.1. The minimum atomic E-state index is 0.507. The topological polar surface area (TPSA) is 49.8 Å². The minimum Gasteiger partial charge on any atom is -0.312 e. The molecule has 0 bridgehead atoms. The van der Waals surface area contributed by atoms with Crippen LogP contribution in [0.2, 0.25) is 0 Å². The van der Waals surface area contributed by atoms with Crippen molar-refractivity contribution in [2.24, 2.45) is 0 Å². The number of aromatic nitrogens is 2. The van der Waals surface area contributed by atoms with Gasteiger partial charge >= 0.3 is 0 Å². The van der Waals surface area contributed by atoms with E-state index in [9.17, 15) is 0 Å². The van der Waals surface area contributed by atoms with Gasteiger partial charge in [0, 0.05) is 25.2 Å².